The minimum Gasteiger partial charge on any atom is -0.497 e. The average Bonchev–Trinajstić information content (AvgIpc) is 3.28. The Morgan fingerprint density at radius 1 is 1.24 bits per heavy atom. The van der Waals surface area contributed by atoms with Crippen LogP contribution in [0, 0.1) is 0 Å². The normalized spacial score (nSPS) is 17.2. The largest absolute Gasteiger partial charge is 0.497 e. The highest BCUT2D eigenvalue weighted by molar-refractivity contribution is 9.10. The third kappa shape index (κ3) is 2.93. The fourth-order valence-electron chi connectivity index (χ4n) is 3.61. The predicted octanol–water partition coefficient (Wildman–Crippen LogP) is 4.92. The minimum absolute atomic E-state index is 0.0858. The maximum atomic E-state index is 13.2. The third-order valence-electron chi connectivity index (χ3n) is 4.89. The Balaban J connectivity index is 1.66. The summed E-state index contributed by atoms with van der Waals surface area (Å²) < 4.78 is 6.21. The molecule has 0 aliphatic carbocycles. The first-order valence-electron chi connectivity index (χ1n) is 8.39. The molecule has 0 radical (unpaired) electrons. The number of fused-ring (bicyclic) bond motifs is 1. The second kappa shape index (κ2) is 6.56. The number of rotatable bonds is 3. The van der Waals surface area contributed by atoms with Crippen LogP contribution in [0.4, 0.5) is 0 Å². The van der Waals surface area contributed by atoms with Crippen molar-refractivity contribution in [2.45, 2.75) is 18.9 Å². The van der Waals surface area contributed by atoms with E-state index in [1.54, 1.807) is 7.11 Å². The van der Waals surface area contributed by atoms with Crippen molar-refractivity contribution in [1.29, 1.82) is 0 Å². The third-order valence-corrected chi connectivity index (χ3v) is 5.38. The van der Waals surface area contributed by atoms with Crippen LogP contribution in [-0.4, -0.2) is 29.4 Å². The number of nitrogens with zero attached hydrogens (tertiary/aromatic N) is 1. The van der Waals surface area contributed by atoms with Gasteiger partial charge in [-0.3, -0.25) is 4.79 Å². The minimum atomic E-state index is 0.0858. The number of methoxy groups -OCH3 is 1. The van der Waals surface area contributed by atoms with Crippen LogP contribution in [0.25, 0.3) is 10.9 Å². The number of aromatic amines is 1. The van der Waals surface area contributed by atoms with Crippen LogP contribution in [0.2, 0.25) is 0 Å². The molecule has 1 atom stereocenters. The maximum absolute atomic E-state index is 13.2. The molecule has 3 aromatic rings. The molecule has 25 heavy (non-hydrogen) atoms. The zero-order valence-electron chi connectivity index (χ0n) is 14.0. The van der Waals surface area contributed by atoms with Gasteiger partial charge in [0.1, 0.15) is 5.75 Å². The molecular formula is C20H19BrN2O2. The highest BCUT2D eigenvalue weighted by Crippen LogP contribution is 2.35. The smallest absolute Gasteiger partial charge is 0.256 e. The molecule has 2 heterocycles. The van der Waals surface area contributed by atoms with Gasteiger partial charge in [0.15, 0.2) is 0 Å². The SMILES string of the molecule is COc1ccc([C@H]2CCCN2C(=O)c2c[nH]c3ccc(Br)cc23)cc1. The van der Waals surface area contributed by atoms with Gasteiger partial charge in [-0.25, -0.2) is 0 Å². The van der Waals surface area contributed by atoms with E-state index in [1.165, 1.54) is 0 Å². The van der Waals surface area contributed by atoms with Gasteiger partial charge in [-0.15, -0.1) is 0 Å². The van der Waals surface area contributed by atoms with Crippen LogP contribution >= 0.6 is 15.9 Å². The Kier molecular flexibility index (Phi) is 4.25. The molecule has 4 rings (SSSR count). The van der Waals surface area contributed by atoms with Gasteiger partial charge in [-0.2, -0.15) is 0 Å². The second-order valence-corrected chi connectivity index (χ2v) is 7.24. The number of aromatic nitrogens is 1. The van der Waals surface area contributed by atoms with Crippen molar-refractivity contribution in [3.05, 3.63) is 64.3 Å². The first kappa shape index (κ1) is 16.2. The molecule has 1 amide bonds. The maximum Gasteiger partial charge on any atom is 0.256 e. The van der Waals surface area contributed by atoms with E-state index in [2.05, 4.69) is 33.0 Å². The Morgan fingerprint density at radius 3 is 2.80 bits per heavy atom. The topological polar surface area (TPSA) is 45.3 Å². The lowest BCUT2D eigenvalue weighted by molar-refractivity contribution is 0.0737. The average molecular weight is 399 g/mol. The van der Waals surface area contributed by atoms with Gasteiger partial charge in [0, 0.05) is 28.1 Å². The van der Waals surface area contributed by atoms with E-state index in [-0.39, 0.29) is 11.9 Å². The molecule has 1 aliphatic rings. The van der Waals surface area contributed by atoms with E-state index in [4.69, 9.17) is 4.74 Å². The second-order valence-electron chi connectivity index (χ2n) is 6.32. The van der Waals surface area contributed by atoms with Gasteiger partial charge in [0.25, 0.3) is 5.91 Å². The summed E-state index contributed by atoms with van der Waals surface area (Å²) in [6, 6.07) is 14.1. The highest BCUT2D eigenvalue weighted by Gasteiger charge is 2.31. The quantitative estimate of drug-likeness (QED) is 0.680. The molecule has 0 bridgehead atoms. The fourth-order valence-corrected chi connectivity index (χ4v) is 3.97. The monoisotopic (exact) mass is 398 g/mol. The molecule has 0 saturated carbocycles. The fraction of sp³-hybridized carbons (Fsp3) is 0.250. The zero-order valence-corrected chi connectivity index (χ0v) is 15.5. The lowest BCUT2D eigenvalue weighted by Crippen LogP contribution is -2.30. The molecule has 2 aromatic carbocycles. The van der Waals surface area contributed by atoms with Crippen molar-refractivity contribution in [2.75, 3.05) is 13.7 Å². The lowest BCUT2D eigenvalue weighted by atomic mass is 10.0. The number of H-pyrrole nitrogens is 1. The van der Waals surface area contributed by atoms with Crippen molar-refractivity contribution >= 4 is 32.7 Å². The number of halogens is 1. The Bertz CT molecular complexity index is 917. The van der Waals surface area contributed by atoms with Gasteiger partial charge in [-0.1, -0.05) is 28.1 Å². The van der Waals surface area contributed by atoms with Crippen LogP contribution < -0.4 is 4.74 Å². The summed E-state index contributed by atoms with van der Waals surface area (Å²) in [5.41, 5.74) is 2.87. The Morgan fingerprint density at radius 2 is 2.04 bits per heavy atom. The zero-order chi connectivity index (χ0) is 17.4. The van der Waals surface area contributed by atoms with Crippen LogP contribution in [-0.2, 0) is 0 Å². The van der Waals surface area contributed by atoms with Crippen molar-refractivity contribution in [2.24, 2.45) is 0 Å². The Labute approximate surface area is 154 Å². The summed E-state index contributed by atoms with van der Waals surface area (Å²) >= 11 is 3.50. The van der Waals surface area contributed by atoms with Crippen LogP contribution in [0.5, 0.6) is 5.75 Å². The van der Waals surface area contributed by atoms with Crippen molar-refractivity contribution in [3.63, 3.8) is 0 Å². The number of amides is 1. The first-order chi connectivity index (χ1) is 12.2. The summed E-state index contributed by atoms with van der Waals surface area (Å²) in [5, 5.41) is 0.958. The number of benzene rings is 2. The van der Waals surface area contributed by atoms with Crippen molar-refractivity contribution < 1.29 is 9.53 Å². The van der Waals surface area contributed by atoms with E-state index >= 15 is 0 Å². The molecule has 1 N–H and O–H groups in total. The van der Waals surface area contributed by atoms with E-state index in [0.29, 0.717) is 0 Å². The van der Waals surface area contributed by atoms with Crippen LogP contribution in [0.15, 0.2) is 53.1 Å². The van der Waals surface area contributed by atoms with Gasteiger partial charge in [0.2, 0.25) is 0 Å². The van der Waals surface area contributed by atoms with E-state index in [1.807, 2.05) is 41.4 Å². The van der Waals surface area contributed by atoms with Gasteiger partial charge in [-0.05, 0) is 48.7 Å². The number of ether oxygens (including phenoxy) is 1. The molecule has 5 heteroatoms. The highest BCUT2D eigenvalue weighted by atomic mass is 79.9. The summed E-state index contributed by atoms with van der Waals surface area (Å²) in [6.45, 7) is 0.788. The number of likely N-dealkylation sites (tertiary alicyclic amines) is 1. The molecule has 1 saturated heterocycles. The van der Waals surface area contributed by atoms with Crippen LogP contribution in [0.3, 0.4) is 0 Å². The van der Waals surface area contributed by atoms with Gasteiger partial charge in [0.05, 0.1) is 18.7 Å². The lowest BCUT2D eigenvalue weighted by Gasteiger charge is -2.25. The van der Waals surface area contributed by atoms with Crippen LogP contribution in [0.1, 0.15) is 34.8 Å². The number of carbonyl (C=O) groups excluding carboxylic acids is 1. The molecule has 1 aromatic heterocycles. The number of carbonyl (C=O) groups is 1. The van der Waals surface area contributed by atoms with E-state index < -0.39 is 0 Å². The predicted molar refractivity (Wildman–Crippen MR) is 102 cm³/mol. The van der Waals surface area contributed by atoms with Crippen molar-refractivity contribution in [3.8, 4) is 5.75 Å². The number of nitrogens with one attached hydrogen (secondary N) is 1. The van der Waals surface area contributed by atoms with E-state index in [9.17, 15) is 4.79 Å². The first-order valence-corrected chi connectivity index (χ1v) is 9.18. The molecule has 1 aliphatic heterocycles. The summed E-state index contributed by atoms with van der Waals surface area (Å²) in [7, 11) is 1.66. The van der Waals surface area contributed by atoms with Crippen molar-refractivity contribution in [1.82, 2.24) is 9.88 Å². The summed E-state index contributed by atoms with van der Waals surface area (Å²) in [5.74, 6) is 0.920. The molecule has 1 fully saturated rings. The number of hydrogen-bond acceptors (Lipinski definition) is 2. The molecule has 0 spiro atoms. The molecule has 0 unspecified atom stereocenters. The molecule has 4 nitrogen and oxygen atoms in total. The molecular weight excluding hydrogens is 380 g/mol. The van der Waals surface area contributed by atoms with Gasteiger partial charge < -0.3 is 14.6 Å². The Hall–Kier alpha value is -2.27. The molecule has 128 valence electrons. The van der Waals surface area contributed by atoms with Gasteiger partial charge >= 0.3 is 0 Å². The summed E-state index contributed by atoms with van der Waals surface area (Å²) in [6.07, 6.45) is 3.83. The standard InChI is InChI=1S/C20H19BrN2O2/c1-25-15-7-4-13(5-8-15)19-3-2-10-23(19)20(24)17-12-22-18-9-6-14(21)11-16(17)18/h4-9,11-12,19,22H,2-3,10H2,1H3/t19-/m1/s1. The number of hydrogen-bond donors (Lipinski definition) is 1. The van der Waals surface area contributed by atoms with E-state index in [0.717, 1.165) is 51.6 Å². The summed E-state index contributed by atoms with van der Waals surface area (Å²) in [4.78, 5) is 18.4.